The molecule has 0 N–H and O–H groups in total. The van der Waals surface area contributed by atoms with Crippen molar-refractivity contribution in [3.8, 4) is 22.8 Å². The van der Waals surface area contributed by atoms with Crippen LogP contribution in [0.25, 0.3) is 22.8 Å². The summed E-state index contributed by atoms with van der Waals surface area (Å²) < 4.78 is 4.11. The Morgan fingerprint density at radius 1 is 0.542 bits per heavy atom. The molecule has 4 nitrogen and oxygen atoms in total. The summed E-state index contributed by atoms with van der Waals surface area (Å²) in [6.45, 7) is 0. The SMILES string of the molecule is c1cc[n+](-c2ccnc(-c3cc(-[n+]4ccccc4)ccn3)c2)cc1. The lowest BCUT2D eigenvalue weighted by Gasteiger charge is -2.02. The molecule has 4 heterocycles. The van der Waals surface area contributed by atoms with Crippen LogP contribution in [-0.2, 0) is 0 Å². The Morgan fingerprint density at radius 2 is 0.958 bits per heavy atom. The van der Waals surface area contributed by atoms with E-state index < -0.39 is 0 Å². The molecular formula is C20H16N4+2. The van der Waals surface area contributed by atoms with Gasteiger partial charge in [0.15, 0.2) is 24.8 Å². The van der Waals surface area contributed by atoms with Crippen LogP contribution >= 0.6 is 0 Å². The smallest absolute Gasteiger partial charge is 0.214 e. The van der Waals surface area contributed by atoms with Gasteiger partial charge in [0.05, 0.1) is 11.4 Å². The minimum Gasteiger partial charge on any atom is -0.254 e. The fourth-order valence-corrected chi connectivity index (χ4v) is 2.58. The Kier molecular flexibility index (Phi) is 3.78. The topological polar surface area (TPSA) is 33.5 Å². The van der Waals surface area contributed by atoms with Crippen molar-refractivity contribution in [1.29, 1.82) is 0 Å². The van der Waals surface area contributed by atoms with E-state index in [0.717, 1.165) is 22.8 Å². The van der Waals surface area contributed by atoms with E-state index in [9.17, 15) is 0 Å². The molecule has 4 aromatic heterocycles. The van der Waals surface area contributed by atoms with Gasteiger partial charge in [0.1, 0.15) is 0 Å². The van der Waals surface area contributed by atoms with Crippen LogP contribution in [-0.4, -0.2) is 9.97 Å². The van der Waals surface area contributed by atoms with Crippen molar-refractivity contribution >= 4 is 0 Å². The molecule has 0 spiro atoms. The van der Waals surface area contributed by atoms with E-state index >= 15 is 0 Å². The fraction of sp³-hybridized carbons (Fsp3) is 0. The second-order valence-electron chi connectivity index (χ2n) is 5.36. The first-order valence-electron chi connectivity index (χ1n) is 7.76. The first-order chi connectivity index (χ1) is 11.9. The zero-order valence-electron chi connectivity index (χ0n) is 13.0. The second kappa shape index (κ2) is 6.38. The van der Waals surface area contributed by atoms with Crippen molar-refractivity contribution in [1.82, 2.24) is 9.97 Å². The summed E-state index contributed by atoms with van der Waals surface area (Å²) >= 11 is 0. The summed E-state index contributed by atoms with van der Waals surface area (Å²) in [4.78, 5) is 8.97. The molecule has 0 aliphatic rings. The molecule has 0 saturated carbocycles. The van der Waals surface area contributed by atoms with Crippen LogP contribution in [0.5, 0.6) is 0 Å². The van der Waals surface area contributed by atoms with Gasteiger partial charge in [-0.1, -0.05) is 12.1 Å². The lowest BCUT2D eigenvalue weighted by molar-refractivity contribution is -0.596. The van der Waals surface area contributed by atoms with E-state index in [1.165, 1.54) is 0 Å². The number of hydrogen-bond acceptors (Lipinski definition) is 2. The quantitative estimate of drug-likeness (QED) is 0.545. The first-order valence-corrected chi connectivity index (χ1v) is 7.76. The number of aromatic nitrogens is 4. The second-order valence-corrected chi connectivity index (χ2v) is 5.36. The Bertz CT molecular complexity index is 872. The molecule has 0 aliphatic heterocycles. The first kappa shape index (κ1) is 14.2. The largest absolute Gasteiger partial charge is 0.254 e. The Hall–Kier alpha value is -3.40. The van der Waals surface area contributed by atoms with E-state index in [0.29, 0.717) is 0 Å². The molecule has 4 rings (SSSR count). The predicted octanol–water partition coefficient (Wildman–Crippen LogP) is 2.70. The van der Waals surface area contributed by atoms with Crippen molar-refractivity contribution in [3.05, 3.63) is 97.8 Å². The maximum Gasteiger partial charge on any atom is 0.214 e. The van der Waals surface area contributed by atoms with Gasteiger partial charge in [0, 0.05) is 60.9 Å². The van der Waals surface area contributed by atoms with Crippen LogP contribution < -0.4 is 9.13 Å². The van der Waals surface area contributed by atoms with Crippen LogP contribution in [0.2, 0.25) is 0 Å². The molecule has 4 aromatic rings. The normalized spacial score (nSPS) is 10.5. The molecule has 0 aromatic carbocycles. The van der Waals surface area contributed by atoms with Gasteiger partial charge < -0.3 is 0 Å². The van der Waals surface area contributed by atoms with Crippen LogP contribution in [0.15, 0.2) is 97.8 Å². The Labute approximate surface area is 140 Å². The minimum atomic E-state index is 0.849. The molecule has 114 valence electrons. The van der Waals surface area contributed by atoms with Crippen molar-refractivity contribution in [2.24, 2.45) is 0 Å². The van der Waals surface area contributed by atoms with Crippen molar-refractivity contribution < 1.29 is 9.13 Å². The highest BCUT2D eigenvalue weighted by Crippen LogP contribution is 2.16. The van der Waals surface area contributed by atoms with Crippen LogP contribution in [0, 0.1) is 0 Å². The fourth-order valence-electron chi connectivity index (χ4n) is 2.58. The van der Waals surface area contributed by atoms with E-state index in [4.69, 9.17) is 0 Å². The average molecular weight is 312 g/mol. The Morgan fingerprint density at radius 3 is 1.38 bits per heavy atom. The van der Waals surface area contributed by atoms with Gasteiger partial charge in [-0.15, -0.1) is 0 Å². The lowest BCUT2D eigenvalue weighted by Crippen LogP contribution is -2.29. The van der Waals surface area contributed by atoms with Crippen LogP contribution in [0.4, 0.5) is 0 Å². The summed E-state index contributed by atoms with van der Waals surface area (Å²) in [6, 6.07) is 20.1. The van der Waals surface area contributed by atoms with Gasteiger partial charge in [-0.05, 0) is 0 Å². The number of rotatable bonds is 3. The van der Waals surface area contributed by atoms with Gasteiger partial charge in [-0.2, -0.15) is 9.13 Å². The maximum atomic E-state index is 4.48. The molecule has 0 radical (unpaired) electrons. The average Bonchev–Trinajstić information content (AvgIpc) is 2.70. The zero-order chi connectivity index (χ0) is 16.2. The third kappa shape index (κ3) is 2.90. The van der Waals surface area contributed by atoms with E-state index in [1.54, 1.807) is 0 Å². The molecule has 0 bridgehead atoms. The molecule has 0 fully saturated rings. The highest BCUT2D eigenvalue weighted by molar-refractivity contribution is 5.57. The molecule has 24 heavy (non-hydrogen) atoms. The molecule has 0 amide bonds. The molecule has 0 atom stereocenters. The van der Waals surface area contributed by atoms with Gasteiger partial charge in [0.25, 0.3) is 0 Å². The molecule has 0 saturated heterocycles. The molecular weight excluding hydrogens is 296 g/mol. The van der Waals surface area contributed by atoms with Gasteiger partial charge in [-0.25, -0.2) is 0 Å². The summed E-state index contributed by atoms with van der Waals surface area (Å²) in [5, 5.41) is 0. The monoisotopic (exact) mass is 312 g/mol. The number of nitrogens with zero attached hydrogens (tertiary/aromatic N) is 4. The highest BCUT2D eigenvalue weighted by atomic mass is 15.0. The minimum absolute atomic E-state index is 0.849. The molecule has 0 unspecified atom stereocenters. The summed E-state index contributed by atoms with van der Waals surface area (Å²) in [6.07, 6.45) is 11.7. The van der Waals surface area contributed by atoms with Gasteiger partial charge in [-0.3, -0.25) is 9.97 Å². The molecule has 0 aliphatic carbocycles. The summed E-state index contributed by atoms with van der Waals surface area (Å²) in [5.41, 5.74) is 3.81. The maximum absolute atomic E-state index is 4.48. The number of pyridine rings is 4. The van der Waals surface area contributed by atoms with Gasteiger partial charge in [0.2, 0.25) is 11.4 Å². The van der Waals surface area contributed by atoms with E-state index in [-0.39, 0.29) is 0 Å². The standard InChI is InChI=1S/C20H16N4/c1-3-11-23(12-4-1)17-7-9-21-19(15-17)20-16-18(8-10-22-20)24-13-5-2-6-14-24/h1-16H/q+2. The predicted molar refractivity (Wildman–Crippen MR) is 90.5 cm³/mol. The van der Waals surface area contributed by atoms with Crippen molar-refractivity contribution in [2.45, 2.75) is 0 Å². The number of hydrogen-bond donors (Lipinski definition) is 0. The van der Waals surface area contributed by atoms with E-state index in [2.05, 4.69) is 19.1 Å². The zero-order valence-corrected chi connectivity index (χ0v) is 13.0. The van der Waals surface area contributed by atoms with Crippen LogP contribution in [0.3, 0.4) is 0 Å². The van der Waals surface area contributed by atoms with E-state index in [1.807, 2.05) is 97.8 Å². The van der Waals surface area contributed by atoms with Crippen molar-refractivity contribution in [2.75, 3.05) is 0 Å². The highest BCUT2D eigenvalue weighted by Gasteiger charge is 2.11. The Balaban J connectivity index is 1.75. The molecule has 4 heteroatoms. The lowest BCUT2D eigenvalue weighted by atomic mass is 10.2. The third-order valence-electron chi connectivity index (χ3n) is 3.78. The van der Waals surface area contributed by atoms with Crippen molar-refractivity contribution in [3.63, 3.8) is 0 Å². The third-order valence-corrected chi connectivity index (χ3v) is 3.78. The van der Waals surface area contributed by atoms with Gasteiger partial charge >= 0.3 is 0 Å². The summed E-state index contributed by atoms with van der Waals surface area (Å²) in [7, 11) is 0. The summed E-state index contributed by atoms with van der Waals surface area (Å²) in [5.74, 6) is 0. The van der Waals surface area contributed by atoms with Crippen LogP contribution in [0.1, 0.15) is 0 Å².